The number of hydrogen-bond donors (Lipinski definition) is 2. The molecule has 1 fully saturated rings. The van der Waals surface area contributed by atoms with E-state index in [9.17, 15) is 0 Å². The monoisotopic (exact) mass is 257 g/mol. The number of rotatable bonds is 6. The van der Waals surface area contributed by atoms with Crippen LogP contribution in [-0.4, -0.2) is 25.6 Å². The number of hydrogen-bond acceptors (Lipinski definition) is 1. The van der Waals surface area contributed by atoms with Gasteiger partial charge in [-0.05, 0) is 25.3 Å². The summed E-state index contributed by atoms with van der Waals surface area (Å²) in [4.78, 5) is 4.71. The van der Waals surface area contributed by atoms with Crippen LogP contribution in [0.3, 0.4) is 0 Å². The Hall–Kier alpha value is -1.77. The summed E-state index contributed by atoms with van der Waals surface area (Å²) in [6, 6.07) is 10.7. The predicted molar refractivity (Wildman–Crippen MR) is 81.5 cm³/mol. The minimum atomic E-state index is 0.276. The molecule has 1 aromatic carbocycles. The first kappa shape index (κ1) is 13.7. The molecule has 102 valence electrons. The minimum absolute atomic E-state index is 0.276. The van der Waals surface area contributed by atoms with Crippen molar-refractivity contribution in [2.45, 2.75) is 25.2 Å². The molecule has 3 nitrogen and oxygen atoms in total. The molecule has 0 unspecified atom stereocenters. The summed E-state index contributed by atoms with van der Waals surface area (Å²) in [5, 5.41) is 6.50. The lowest BCUT2D eigenvalue weighted by Crippen LogP contribution is -2.38. The molecule has 0 heterocycles. The van der Waals surface area contributed by atoms with Crippen LogP contribution in [0.5, 0.6) is 0 Å². The molecule has 0 aliphatic heterocycles. The zero-order chi connectivity index (χ0) is 13.6. The summed E-state index contributed by atoms with van der Waals surface area (Å²) in [5.41, 5.74) is 1.69. The lowest BCUT2D eigenvalue weighted by atomic mass is 9.96. The molecule has 2 rings (SSSR count). The van der Waals surface area contributed by atoms with Gasteiger partial charge < -0.3 is 10.6 Å². The van der Waals surface area contributed by atoms with Gasteiger partial charge in [-0.25, -0.2) is 0 Å². The van der Waals surface area contributed by atoms with Crippen LogP contribution in [0.2, 0.25) is 0 Å². The van der Waals surface area contributed by atoms with Gasteiger partial charge in [0, 0.05) is 18.5 Å². The van der Waals surface area contributed by atoms with Crippen molar-refractivity contribution < 1.29 is 0 Å². The Morgan fingerprint density at radius 1 is 1.32 bits per heavy atom. The molecule has 0 bridgehead atoms. The molecule has 19 heavy (non-hydrogen) atoms. The zero-order valence-electron chi connectivity index (χ0n) is 11.7. The number of nitrogens with one attached hydrogen (secondary N) is 2. The smallest absolute Gasteiger partial charge is 0.191 e. The summed E-state index contributed by atoms with van der Waals surface area (Å²) < 4.78 is 0. The van der Waals surface area contributed by atoms with E-state index in [-0.39, 0.29) is 5.41 Å². The van der Waals surface area contributed by atoms with Crippen LogP contribution in [0.4, 0.5) is 0 Å². The molecule has 0 radical (unpaired) electrons. The third kappa shape index (κ3) is 3.60. The fourth-order valence-corrected chi connectivity index (χ4v) is 2.22. The third-order valence-corrected chi connectivity index (χ3v) is 3.54. The molecule has 1 aliphatic carbocycles. The molecule has 1 saturated carbocycles. The molecule has 3 heteroatoms. The van der Waals surface area contributed by atoms with Gasteiger partial charge in [0.25, 0.3) is 0 Å². The molecule has 0 amide bonds. The highest BCUT2D eigenvalue weighted by Gasteiger charge is 2.43. The molecule has 0 spiro atoms. The standard InChI is InChI=1S/C16H23N3/c1-3-12-18-15(17-4-2)19-13-16(10-11-16)14-8-6-5-7-9-14/h3,5-9H,1,4,10-13H2,2H3,(H2,17,18,19). The minimum Gasteiger partial charge on any atom is -0.357 e. The van der Waals surface area contributed by atoms with E-state index in [1.165, 1.54) is 18.4 Å². The van der Waals surface area contributed by atoms with Crippen LogP contribution in [0.1, 0.15) is 25.3 Å². The van der Waals surface area contributed by atoms with Gasteiger partial charge in [0.1, 0.15) is 0 Å². The van der Waals surface area contributed by atoms with Crippen molar-refractivity contribution in [3.05, 3.63) is 48.6 Å². The van der Waals surface area contributed by atoms with E-state index in [4.69, 9.17) is 4.99 Å². The van der Waals surface area contributed by atoms with Crippen LogP contribution in [-0.2, 0) is 5.41 Å². The van der Waals surface area contributed by atoms with Crippen LogP contribution < -0.4 is 10.6 Å². The molecular formula is C16H23N3. The summed E-state index contributed by atoms with van der Waals surface area (Å²) in [6.07, 6.45) is 4.32. The Labute approximate surface area is 115 Å². The Bertz CT molecular complexity index is 433. The summed E-state index contributed by atoms with van der Waals surface area (Å²) in [6.45, 7) is 8.26. The highest BCUT2D eigenvalue weighted by Crippen LogP contribution is 2.48. The predicted octanol–water partition coefficient (Wildman–Crippen LogP) is 2.46. The van der Waals surface area contributed by atoms with Gasteiger partial charge in [-0.2, -0.15) is 0 Å². The van der Waals surface area contributed by atoms with Gasteiger partial charge in [0.2, 0.25) is 0 Å². The summed E-state index contributed by atoms with van der Waals surface area (Å²) in [7, 11) is 0. The number of benzene rings is 1. The largest absolute Gasteiger partial charge is 0.357 e. The van der Waals surface area contributed by atoms with E-state index in [1.54, 1.807) is 0 Å². The molecule has 2 N–H and O–H groups in total. The fourth-order valence-electron chi connectivity index (χ4n) is 2.22. The lowest BCUT2D eigenvalue weighted by molar-refractivity contribution is 0.696. The zero-order valence-corrected chi connectivity index (χ0v) is 11.7. The number of aliphatic imine (C=N–C) groups is 1. The van der Waals surface area contributed by atoms with Crippen LogP contribution in [0, 0.1) is 0 Å². The first-order valence-electron chi connectivity index (χ1n) is 6.99. The topological polar surface area (TPSA) is 36.4 Å². The van der Waals surface area contributed by atoms with Crippen LogP contribution in [0.15, 0.2) is 48.0 Å². The Morgan fingerprint density at radius 3 is 2.63 bits per heavy atom. The van der Waals surface area contributed by atoms with Crippen molar-refractivity contribution in [3.63, 3.8) is 0 Å². The van der Waals surface area contributed by atoms with Crippen LogP contribution >= 0.6 is 0 Å². The van der Waals surface area contributed by atoms with E-state index in [0.29, 0.717) is 0 Å². The van der Waals surface area contributed by atoms with E-state index in [1.807, 2.05) is 6.08 Å². The number of guanidine groups is 1. The van der Waals surface area contributed by atoms with Crippen molar-refractivity contribution in [2.24, 2.45) is 4.99 Å². The first-order chi connectivity index (χ1) is 9.30. The van der Waals surface area contributed by atoms with Crippen molar-refractivity contribution in [1.29, 1.82) is 0 Å². The normalized spacial score (nSPS) is 16.8. The number of nitrogens with zero attached hydrogens (tertiary/aromatic N) is 1. The van der Waals surface area contributed by atoms with E-state index in [2.05, 4.69) is 54.5 Å². The Kier molecular flexibility index (Phi) is 4.61. The van der Waals surface area contributed by atoms with Gasteiger partial charge in [-0.3, -0.25) is 4.99 Å². The molecule has 0 saturated heterocycles. The molecule has 0 aromatic heterocycles. The fraction of sp³-hybridized carbons (Fsp3) is 0.438. The van der Waals surface area contributed by atoms with Gasteiger partial charge in [-0.1, -0.05) is 36.4 Å². The maximum absolute atomic E-state index is 4.71. The second kappa shape index (κ2) is 6.41. The van der Waals surface area contributed by atoms with E-state index < -0.39 is 0 Å². The second-order valence-corrected chi connectivity index (χ2v) is 5.01. The molecule has 1 aromatic rings. The summed E-state index contributed by atoms with van der Waals surface area (Å²) >= 11 is 0. The molecule has 0 atom stereocenters. The SMILES string of the molecule is C=CCNC(=NCC1(c2ccccc2)CC1)NCC. The average Bonchev–Trinajstić information content (AvgIpc) is 3.24. The maximum atomic E-state index is 4.71. The Balaban J connectivity index is 2.01. The highest BCUT2D eigenvalue weighted by atomic mass is 15.2. The quantitative estimate of drug-likeness (QED) is 0.466. The van der Waals surface area contributed by atoms with Crippen molar-refractivity contribution in [1.82, 2.24) is 10.6 Å². The molecule has 1 aliphatic rings. The van der Waals surface area contributed by atoms with Gasteiger partial charge >= 0.3 is 0 Å². The van der Waals surface area contributed by atoms with Gasteiger partial charge in [-0.15, -0.1) is 6.58 Å². The van der Waals surface area contributed by atoms with E-state index in [0.717, 1.165) is 25.6 Å². The maximum Gasteiger partial charge on any atom is 0.191 e. The molecular weight excluding hydrogens is 234 g/mol. The van der Waals surface area contributed by atoms with Crippen molar-refractivity contribution >= 4 is 5.96 Å². The van der Waals surface area contributed by atoms with Crippen LogP contribution in [0.25, 0.3) is 0 Å². The Morgan fingerprint density at radius 2 is 2.05 bits per heavy atom. The highest BCUT2D eigenvalue weighted by molar-refractivity contribution is 5.80. The average molecular weight is 257 g/mol. The van der Waals surface area contributed by atoms with Crippen molar-refractivity contribution in [2.75, 3.05) is 19.6 Å². The van der Waals surface area contributed by atoms with Gasteiger partial charge in [0.05, 0.1) is 6.54 Å². The van der Waals surface area contributed by atoms with E-state index >= 15 is 0 Å². The first-order valence-corrected chi connectivity index (χ1v) is 6.99. The van der Waals surface area contributed by atoms with Gasteiger partial charge in [0.15, 0.2) is 5.96 Å². The lowest BCUT2D eigenvalue weighted by Gasteiger charge is -2.15. The van der Waals surface area contributed by atoms with Crippen molar-refractivity contribution in [3.8, 4) is 0 Å². The third-order valence-electron chi connectivity index (χ3n) is 3.54. The second-order valence-electron chi connectivity index (χ2n) is 5.01. The summed E-state index contributed by atoms with van der Waals surface area (Å²) in [5.74, 6) is 0.879.